The van der Waals surface area contributed by atoms with E-state index >= 15 is 0 Å². The summed E-state index contributed by atoms with van der Waals surface area (Å²) in [6, 6.07) is 1.81. The average Bonchev–Trinajstić information content (AvgIpc) is 2.22. The molecule has 0 fully saturated rings. The summed E-state index contributed by atoms with van der Waals surface area (Å²) >= 11 is 3.39. The Morgan fingerprint density at radius 2 is 2.29 bits per heavy atom. The zero-order valence-corrected chi connectivity index (χ0v) is 9.74. The predicted octanol–water partition coefficient (Wildman–Crippen LogP) is 1.50. The maximum atomic E-state index is 5.57. The minimum Gasteiger partial charge on any atom is -0.481 e. The van der Waals surface area contributed by atoms with Gasteiger partial charge in [-0.05, 0) is 15.9 Å². The summed E-state index contributed by atoms with van der Waals surface area (Å²) in [5.41, 5.74) is 6.51. The first kappa shape index (κ1) is 11.4. The molecule has 0 aliphatic heterocycles. The van der Waals surface area contributed by atoms with Crippen LogP contribution < -0.4 is 10.5 Å². The van der Waals surface area contributed by atoms with Gasteiger partial charge in [0.1, 0.15) is 0 Å². The Morgan fingerprint density at radius 3 is 2.79 bits per heavy atom. The van der Waals surface area contributed by atoms with E-state index in [0.29, 0.717) is 12.4 Å². The number of methoxy groups -OCH3 is 2. The summed E-state index contributed by atoms with van der Waals surface area (Å²) in [4.78, 5) is 4.04. The summed E-state index contributed by atoms with van der Waals surface area (Å²) in [5, 5.41) is 0. The van der Waals surface area contributed by atoms with Crippen molar-refractivity contribution in [3.8, 4) is 5.88 Å². The molecule has 0 bridgehead atoms. The van der Waals surface area contributed by atoms with Crippen LogP contribution in [-0.2, 0) is 4.74 Å². The minimum absolute atomic E-state index is 0.138. The highest BCUT2D eigenvalue weighted by Crippen LogP contribution is 2.26. The number of hydrogen-bond donors (Lipinski definition) is 1. The Bertz CT molecular complexity index is 303. The normalized spacial score (nSPS) is 12.6. The third-order valence-electron chi connectivity index (χ3n) is 1.91. The van der Waals surface area contributed by atoms with Gasteiger partial charge in [0.2, 0.25) is 5.88 Å². The minimum atomic E-state index is -0.138. The van der Waals surface area contributed by atoms with Crippen LogP contribution >= 0.6 is 15.9 Å². The lowest BCUT2D eigenvalue weighted by Crippen LogP contribution is -2.15. The summed E-state index contributed by atoms with van der Waals surface area (Å²) in [5.74, 6) is 0.554. The molecule has 1 atom stereocenters. The van der Waals surface area contributed by atoms with Gasteiger partial charge in [-0.3, -0.25) is 0 Å². The van der Waals surface area contributed by atoms with Gasteiger partial charge < -0.3 is 15.2 Å². The topological polar surface area (TPSA) is 57.4 Å². The first-order chi connectivity index (χ1) is 6.72. The van der Waals surface area contributed by atoms with E-state index in [1.165, 1.54) is 0 Å². The molecule has 0 radical (unpaired) electrons. The molecule has 0 aliphatic rings. The van der Waals surface area contributed by atoms with E-state index in [2.05, 4.69) is 20.9 Å². The van der Waals surface area contributed by atoms with Gasteiger partial charge in [-0.1, -0.05) is 0 Å². The van der Waals surface area contributed by atoms with Gasteiger partial charge in [0.15, 0.2) is 0 Å². The lowest BCUT2D eigenvalue weighted by atomic mass is 10.1. The Hall–Kier alpha value is -0.650. The van der Waals surface area contributed by atoms with Crippen molar-refractivity contribution in [2.75, 3.05) is 20.8 Å². The first-order valence-corrected chi connectivity index (χ1v) is 4.94. The van der Waals surface area contributed by atoms with Crippen molar-refractivity contribution >= 4 is 15.9 Å². The summed E-state index contributed by atoms with van der Waals surface area (Å²) in [6.45, 7) is 0.419. The standard InChI is InChI=1S/C9H13BrN2O2/c1-13-8(4-11)6-3-9(14-2)12-5-7(6)10/h3,5,8H,4,11H2,1-2H3. The summed E-state index contributed by atoms with van der Waals surface area (Å²) in [7, 11) is 3.20. The molecule has 1 unspecified atom stereocenters. The second kappa shape index (κ2) is 5.29. The lowest BCUT2D eigenvalue weighted by Gasteiger charge is -2.15. The summed E-state index contributed by atoms with van der Waals surface area (Å²) < 4.78 is 11.1. The van der Waals surface area contributed by atoms with Crippen LogP contribution in [0, 0.1) is 0 Å². The van der Waals surface area contributed by atoms with E-state index in [9.17, 15) is 0 Å². The van der Waals surface area contributed by atoms with Crippen LogP contribution in [0.3, 0.4) is 0 Å². The fourth-order valence-corrected chi connectivity index (χ4v) is 1.61. The number of rotatable bonds is 4. The van der Waals surface area contributed by atoms with Gasteiger partial charge in [-0.15, -0.1) is 0 Å². The maximum Gasteiger partial charge on any atom is 0.213 e. The lowest BCUT2D eigenvalue weighted by molar-refractivity contribution is 0.109. The quantitative estimate of drug-likeness (QED) is 0.892. The van der Waals surface area contributed by atoms with Crippen LogP contribution in [0.4, 0.5) is 0 Å². The molecule has 4 nitrogen and oxygen atoms in total. The molecular formula is C9H13BrN2O2. The zero-order valence-electron chi connectivity index (χ0n) is 8.16. The molecule has 0 aliphatic carbocycles. The number of nitrogens with zero attached hydrogens (tertiary/aromatic N) is 1. The van der Waals surface area contributed by atoms with E-state index < -0.39 is 0 Å². The smallest absolute Gasteiger partial charge is 0.213 e. The third kappa shape index (κ3) is 2.43. The van der Waals surface area contributed by atoms with Gasteiger partial charge >= 0.3 is 0 Å². The van der Waals surface area contributed by atoms with Crippen molar-refractivity contribution in [1.82, 2.24) is 4.98 Å². The van der Waals surface area contributed by atoms with E-state index in [1.54, 1.807) is 20.4 Å². The maximum absolute atomic E-state index is 5.57. The molecule has 0 saturated carbocycles. The predicted molar refractivity (Wildman–Crippen MR) is 57.3 cm³/mol. The molecule has 1 aromatic rings. The molecule has 0 amide bonds. The molecule has 0 aromatic carbocycles. The van der Waals surface area contributed by atoms with Crippen LogP contribution in [0.25, 0.3) is 0 Å². The first-order valence-electron chi connectivity index (χ1n) is 4.15. The highest BCUT2D eigenvalue weighted by molar-refractivity contribution is 9.10. The Labute approximate surface area is 91.5 Å². The van der Waals surface area contributed by atoms with Gasteiger partial charge in [0.05, 0.1) is 13.2 Å². The SMILES string of the molecule is COc1cc(C(CN)OC)c(Br)cn1. The van der Waals surface area contributed by atoms with Crippen molar-refractivity contribution in [2.24, 2.45) is 5.73 Å². The molecule has 78 valence electrons. The van der Waals surface area contributed by atoms with Crippen molar-refractivity contribution < 1.29 is 9.47 Å². The van der Waals surface area contributed by atoms with Crippen molar-refractivity contribution in [1.29, 1.82) is 0 Å². The Morgan fingerprint density at radius 1 is 1.57 bits per heavy atom. The highest BCUT2D eigenvalue weighted by Gasteiger charge is 2.13. The van der Waals surface area contributed by atoms with Crippen LogP contribution in [-0.4, -0.2) is 25.7 Å². The van der Waals surface area contributed by atoms with E-state index in [1.807, 2.05) is 6.07 Å². The molecule has 0 saturated heterocycles. The largest absolute Gasteiger partial charge is 0.481 e. The van der Waals surface area contributed by atoms with E-state index in [4.69, 9.17) is 15.2 Å². The van der Waals surface area contributed by atoms with Crippen LogP contribution in [0.5, 0.6) is 5.88 Å². The fourth-order valence-electron chi connectivity index (χ4n) is 1.14. The van der Waals surface area contributed by atoms with Gasteiger partial charge in [-0.25, -0.2) is 4.98 Å². The van der Waals surface area contributed by atoms with E-state index in [-0.39, 0.29) is 6.10 Å². The molecule has 2 N–H and O–H groups in total. The Balaban J connectivity index is 3.04. The fraction of sp³-hybridized carbons (Fsp3) is 0.444. The van der Waals surface area contributed by atoms with Crippen molar-refractivity contribution in [3.63, 3.8) is 0 Å². The molecule has 14 heavy (non-hydrogen) atoms. The van der Waals surface area contributed by atoms with Gasteiger partial charge in [-0.2, -0.15) is 0 Å². The zero-order chi connectivity index (χ0) is 10.6. The van der Waals surface area contributed by atoms with Gasteiger partial charge in [0.25, 0.3) is 0 Å². The van der Waals surface area contributed by atoms with Crippen LogP contribution in [0.15, 0.2) is 16.7 Å². The van der Waals surface area contributed by atoms with Crippen LogP contribution in [0.2, 0.25) is 0 Å². The Kier molecular flexibility index (Phi) is 4.31. The second-order valence-corrected chi connectivity index (χ2v) is 3.56. The molecular weight excluding hydrogens is 248 g/mol. The molecule has 1 aromatic heterocycles. The van der Waals surface area contributed by atoms with Crippen molar-refractivity contribution in [2.45, 2.75) is 6.10 Å². The number of ether oxygens (including phenoxy) is 2. The number of aromatic nitrogens is 1. The number of nitrogens with two attached hydrogens (primary N) is 1. The van der Waals surface area contributed by atoms with Crippen molar-refractivity contribution in [3.05, 3.63) is 22.3 Å². The molecule has 1 heterocycles. The average molecular weight is 261 g/mol. The van der Waals surface area contributed by atoms with Gasteiger partial charge in [0, 0.05) is 36.0 Å². The summed E-state index contributed by atoms with van der Waals surface area (Å²) in [6.07, 6.45) is 1.54. The number of hydrogen-bond acceptors (Lipinski definition) is 4. The highest BCUT2D eigenvalue weighted by atomic mass is 79.9. The van der Waals surface area contributed by atoms with Crippen LogP contribution in [0.1, 0.15) is 11.7 Å². The number of halogens is 1. The molecule has 0 spiro atoms. The second-order valence-electron chi connectivity index (χ2n) is 2.71. The monoisotopic (exact) mass is 260 g/mol. The number of pyridine rings is 1. The van der Waals surface area contributed by atoms with E-state index in [0.717, 1.165) is 10.0 Å². The molecule has 5 heteroatoms. The molecule has 1 rings (SSSR count). The third-order valence-corrected chi connectivity index (χ3v) is 2.58.